The van der Waals surface area contributed by atoms with Crippen molar-refractivity contribution in [2.45, 2.75) is 18.4 Å². The van der Waals surface area contributed by atoms with Crippen LogP contribution in [0.15, 0.2) is 66.0 Å². The van der Waals surface area contributed by atoms with Gasteiger partial charge in [0.1, 0.15) is 6.61 Å². The van der Waals surface area contributed by atoms with Gasteiger partial charge in [0.25, 0.3) is 0 Å². The molecule has 0 radical (unpaired) electrons. The first-order valence-corrected chi connectivity index (χ1v) is 12.1. The number of carboxylic acids is 1. The van der Waals surface area contributed by atoms with Gasteiger partial charge in [-0.25, -0.2) is 9.59 Å². The van der Waals surface area contributed by atoms with E-state index < -0.39 is 18.1 Å². The molecule has 2 aliphatic carbocycles. The van der Waals surface area contributed by atoms with Gasteiger partial charge in [0, 0.05) is 23.3 Å². The maximum absolute atomic E-state index is 12.5. The number of nitrogens with one attached hydrogen (secondary N) is 2. The van der Waals surface area contributed by atoms with Crippen LogP contribution in [-0.2, 0) is 14.3 Å². The highest BCUT2D eigenvalue weighted by Gasteiger charge is 2.44. The van der Waals surface area contributed by atoms with Crippen LogP contribution in [-0.4, -0.2) is 36.2 Å². The molecule has 1 unspecified atom stereocenters. The number of hydrogen-bond donors (Lipinski definition) is 3. The SMILES string of the molecule is O=C(NC[C@@H]1C[C@@H]1C(=O)NC(C(=O)O)c1cccs1)OCC1c2ccccc2-c2ccccc21. The van der Waals surface area contributed by atoms with Gasteiger partial charge in [-0.1, -0.05) is 54.6 Å². The molecule has 0 aliphatic heterocycles. The Morgan fingerprint density at radius 3 is 2.29 bits per heavy atom. The number of carbonyl (C=O) groups is 3. The molecule has 1 saturated carbocycles. The van der Waals surface area contributed by atoms with Crippen molar-refractivity contribution >= 4 is 29.3 Å². The molecule has 5 rings (SSSR count). The lowest BCUT2D eigenvalue weighted by atomic mass is 9.98. The number of rotatable bonds is 8. The van der Waals surface area contributed by atoms with Crippen LogP contribution < -0.4 is 10.6 Å². The van der Waals surface area contributed by atoms with E-state index in [-0.39, 0.29) is 30.3 Å². The third-order valence-electron chi connectivity index (χ3n) is 6.47. The van der Waals surface area contributed by atoms with Crippen molar-refractivity contribution in [2.75, 3.05) is 13.2 Å². The maximum atomic E-state index is 12.5. The molecule has 3 N–H and O–H groups in total. The second kappa shape index (κ2) is 9.30. The van der Waals surface area contributed by atoms with Gasteiger partial charge in [-0.2, -0.15) is 0 Å². The molecule has 8 heteroatoms. The fourth-order valence-electron chi connectivity index (χ4n) is 4.62. The van der Waals surface area contributed by atoms with E-state index in [1.807, 2.05) is 24.3 Å². The monoisotopic (exact) mass is 476 g/mol. The van der Waals surface area contributed by atoms with Crippen LogP contribution in [0.1, 0.15) is 34.4 Å². The summed E-state index contributed by atoms with van der Waals surface area (Å²) in [4.78, 5) is 36.9. The van der Waals surface area contributed by atoms with Crippen molar-refractivity contribution in [2.24, 2.45) is 11.8 Å². The van der Waals surface area contributed by atoms with Crippen LogP contribution >= 0.6 is 11.3 Å². The van der Waals surface area contributed by atoms with Crippen molar-refractivity contribution in [3.8, 4) is 11.1 Å². The number of alkyl carbamates (subject to hydrolysis) is 1. The number of fused-ring (bicyclic) bond motifs is 3. The summed E-state index contributed by atoms with van der Waals surface area (Å²) in [5.41, 5.74) is 4.63. The highest BCUT2D eigenvalue weighted by molar-refractivity contribution is 7.10. The summed E-state index contributed by atoms with van der Waals surface area (Å²) in [5.74, 6) is -1.75. The summed E-state index contributed by atoms with van der Waals surface area (Å²) in [5, 5.41) is 16.6. The third-order valence-corrected chi connectivity index (χ3v) is 7.41. The van der Waals surface area contributed by atoms with E-state index >= 15 is 0 Å². The van der Waals surface area contributed by atoms with Crippen LogP contribution in [0.2, 0.25) is 0 Å². The van der Waals surface area contributed by atoms with Gasteiger partial charge in [0.15, 0.2) is 6.04 Å². The number of hydrogen-bond acceptors (Lipinski definition) is 5. The minimum atomic E-state index is -1.09. The molecule has 0 bridgehead atoms. The molecule has 7 nitrogen and oxygen atoms in total. The third kappa shape index (κ3) is 4.41. The molecule has 0 spiro atoms. The number of ether oxygens (including phenoxy) is 1. The van der Waals surface area contributed by atoms with Crippen molar-refractivity contribution in [1.29, 1.82) is 0 Å². The first-order valence-electron chi connectivity index (χ1n) is 11.2. The van der Waals surface area contributed by atoms with Gasteiger partial charge >= 0.3 is 12.1 Å². The summed E-state index contributed by atoms with van der Waals surface area (Å²) < 4.78 is 5.53. The zero-order chi connectivity index (χ0) is 23.7. The molecular weight excluding hydrogens is 452 g/mol. The summed E-state index contributed by atoms with van der Waals surface area (Å²) in [6.07, 6.45) is 0.0848. The average molecular weight is 477 g/mol. The molecule has 34 heavy (non-hydrogen) atoms. The van der Waals surface area contributed by atoms with Gasteiger partial charge in [-0.15, -0.1) is 11.3 Å². The lowest BCUT2D eigenvalue weighted by molar-refractivity contribution is -0.142. The number of benzene rings is 2. The molecule has 174 valence electrons. The number of amides is 2. The smallest absolute Gasteiger partial charge is 0.407 e. The first kappa shape index (κ1) is 22.2. The summed E-state index contributed by atoms with van der Waals surface area (Å²) in [6, 6.07) is 18.7. The fraction of sp³-hybridized carbons (Fsp3) is 0.269. The number of carbonyl (C=O) groups excluding carboxylic acids is 2. The van der Waals surface area contributed by atoms with E-state index in [0.717, 1.165) is 11.1 Å². The Bertz CT molecular complexity index is 1180. The zero-order valence-electron chi connectivity index (χ0n) is 18.3. The number of thiophene rings is 1. The van der Waals surface area contributed by atoms with E-state index in [9.17, 15) is 19.5 Å². The molecule has 1 heterocycles. The topological polar surface area (TPSA) is 105 Å². The predicted molar refractivity (Wildman–Crippen MR) is 128 cm³/mol. The van der Waals surface area contributed by atoms with Crippen molar-refractivity contribution < 1.29 is 24.2 Å². The molecule has 2 aliphatic rings. The Labute approximate surface area is 200 Å². The zero-order valence-corrected chi connectivity index (χ0v) is 19.1. The Morgan fingerprint density at radius 1 is 1.00 bits per heavy atom. The van der Waals surface area contributed by atoms with Gasteiger partial charge < -0.3 is 20.5 Å². The van der Waals surface area contributed by atoms with Gasteiger partial charge in [0.2, 0.25) is 5.91 Å². The predicted octanol–water partition coefficient (Wildman–Crippen LogP) is 4.16. The van der Waals surface area contributed by atoms with Gasteiger partial charge in [-0.3, -0.25) is 4.79 Å². The molecule has 1 aromatic heterocycles. The quantitative estimate of drug-likeness (QED) is 0.453. The molecule has 2 amide bonds. The normalized spacial score (nSPS) is 18.9. The molecule has 3 atom stereocenters. The van der Waals surface area contributed by atoms with Crippen LogP contribution in [0.4, 0.5) is 4.79 Å². The molecule has 2 aromatic carbocycles. The van der Waals surface area contributed by atoms with E-state index in [2.05, 4.69) is 34.9 Å². The molecular formula is C26H24N2O5S. The number of carboxylic acid groups (broad SMARTS) is 1. The van der Waals surface area contributed by atoms with E-state index in [4.69, 9.17) is 4.74 Å². The molecule has 3 aromatic rings. The lowest BCUT2D eigenvalue weighted by Crippen LogP contribution is -2.35. The Morgan fingerprint density at radius 2 is 1.68 bits per heavy atom. The van der Waals surface area contributed by atoms with E-state index in [0.29, 0.717) is 17.8 Å². The second-order valence-corrected chi connectivity index (χ2v) is 9.58. The van der Waals surface area contributed by atoms with Gasteiger partial charge in [0.05, 0.1) is 0 Å². The second-order valence-electron chi connectivity index (χ2n) is 8.60. The summed E-state index contributed by atoms with van der Waals surface area (Å²) in [6.45, 7) is 0.543. The van der Waals surface area contributed by atoms with Crippen molar-refractivity contribution in [1.82, 2.24) is 10.6 Å². The highest BCUT2D eigenvalue weighted by Crippen LogP contribution is 2.44. The standard InChI is InChI=1S/C26H24N2O5S/c29-24(28-23(25(30)31)22-10-5-11-34-22)20-12-15(20)13-27-26(32)33-14-21-18-8-3-1-6-16(18)17-7-2-4-9-19(17)21/h1-11,15,20-21,23H,12-14H2,(H,27,32)(H,28,29)(H,30,31)/t15-,20-,23?/m0/s1. The van der Waals surface area contributed by atoms with Crippen LogP contribution in [0, 0.1) is 11.8 Å². The minimum absolute atomic E-state index is 0.0113. The number of aliphatic carboxylic acids is 1. The van der Waals surface area contributed by atoms with Crippen LogP contribution in [0.25, 0.3) is 11.1 Å². The first-order chi connectivity index (χ1) is 16.5. The maximum Gasteiger partial charge on any atom is 0.407 e. The van der Waals surface area contributed by atoms with Crippen molar-refractivity contribution in [3.63, 3.8) is 0 Å². The summed E-state index contributed by atoms with van der Waals surface area (Å²) in [7, 11) is 0. The summed E-state index contributed by atoms with van der Waals surface area (Å²) >= 11 is 1.29. The van der Waals surface area contributed by atoms with E-state index in [1.165, 1.54) is 22.5 Å². The molecule has 0 saturated heterocycles. The Balaban J connectivity index is 1.11. The van der Waals surface area contributed by atoms with E-state index in [1.54, 1.807) is 17.5 Å². The Hall–Kier alpha value is -3.65. The van der Waals surface area contributed by atoms with Crippen LogP contribution in [0.5, 0.6) is 0 Å². The fourth-order valence-corrected chi connectivity index (χ4v) is 5.38. The largest absolute Gasteiger partial charge is 0.479 e. The minimum Gasteiger partial charge on any atom is -0.479 e. The average Bonchev–Trinajstić information content (AvgIpc) is 3.28. The van der Waals surface area contributed by atoms with Gasteiger partial charge in [-0.05, 0) is 46.0 Å². The Kier molecular flexibility index (Phi) is 6.06. The van der Waals surface area contributed by atoms with Crippen LogP contribution in [0.3, 0.4) is 0 Å². The highest BCUT2D eigenvalue weighted by atomic mass is 32.1. The molecule has 1 fully saturated rings. The van der Waals surface area contributed by atoms with Crippen molar-refractivity contribution in [3.05, 3.63) is 82.0 Å². The lowest BCUT2D eigenvalue weighted by Gasteiger charge is -2.15.